The van der Waals surface area contributed by atoms with Crippen molar-refractivity contribution in [3.8, 4) is 23.0 Å². The van der Waals surface area contributed by atoms with E-state index in [-0.39, 0.29) is 16.8 Å². The number of aliphatic hydroxyl groups excluding tert-OH is 1. The van der Waals surface area contributed by atoms with Gasteiger partial charge < -0.3 is 24.1 Å². The number of carbonyl (C=O) groups is 2. The lowest BCUT2D eigenvalue weighted by Gasteiger charge is -2.26. The fourth-order valence-corrected chi connectivity index (χ4v) is 4.38. The van der Waals surface area contributed by atoms with Crippen molar-refractivity contribution in [2.75, 3.05) is 25.2 Å². The van der Waals surface area contributed by atoms with Gasteiger partial charge in [0.2, 0.25) is 0 Å². The van der Waals surface area contributed by atoms with E-state index in [1.807, 2.05) is 0 Å². The van der Waals surface area contributed by atoms with Gasteiger partial charge in [0.25, 0.3) is 11.7 Å². The molecule has 0 aliphatic carbocycles. The van der Waals surface area contributed by atoms with E-state index in [0.29, 0.717) is 36.0 Å². The molecule has 1 saturated heterocycles. The molecule has 38 heavy (non-hydrogen) atoms. The van der Waals surface area contributed by atoms with Gasteiger partial charge in [-0.1, -0.05) is 18.2 Å². The maximum absolute atomic E-state index is 13.3. The minimum atomic E-state index is -4.96. The van der Waals surface area contributed by atoms with Gasteiger partial charge in [0, 0.05) is 17.3 Å². The number of aliphatic hydroxyl groups is 1. The number of carbonyl (C=O) groups excluding carboxylic acids is 2. The number of amides is 1. The van der Waals surface area contributed by atoms with Crippen LogP contribution in [0.5, 0.6) is 23.0 Å². The van der Waals surface area contributed by atoms with E-state index in [1.54, 1.807) is 30.3 Å². The van der Waals surface area contributed by atoms with Gasteiger partial charge >= 0.3 is 6.36 Å². The number of alkyl halides is 3. The predicted octanol–water partition coefficient (Wildman–Crippen LogP) is 4.99. The first-order valence-electron chi connectivity index (χ1n) is 11.4. The monoisotopic (exact) mass is 527 g/mol. The number of rotatable bonds is 5. The summed E-state index contributed by atoms with van der Waals surface area (Å²) in [5.74, 6) is -1.79. The Hall–Kier alpha value is -4.67. The summed E-state index contributed by atoms with van der Waals surface area (Å²) in [7, 11) is 1.47. The number of methoxy groups -OCH3 is 1. The number of halogens is 3. The normalized spacial score (nSPS) is 18.4. The Labute approximate surface area is 214 Å². The van der Waals surface area contributed by atoms with Crippen LogP contribution in [0.1, 0.15) is 17.2 Å². The third-order valence-corrected chi connectivity index (χ3v) is 6.02. The van der Waals surface area contributed by atoms with Gasteiger partial charge in [-0.25, -0.2) is 0 Å². The van der Waals surface area contributed by atoms with Crippen LogP contribution < -0.4 is 23.8 Å². The molecule has 1 N–H and O–H groups in total. The molecular weight excluding hydrogens is 507 g/mol. The summed E-state index contributed by atoms with van der Waals surface area (Å²) in [5.41, 5.74) is 0.320. The van der Waals surface area contributed by atoms with E-state index in [4.69, 9.17) is 14.2 Å². The topological polar surface area (TPSA) is 94.5 Å². The Balaban J connectivity index is 1.66. The average molecular weight is 527 g/mol. The number of Topliss-reactive ketones (excluding diaryl/α,β-unsaturated/α-hetero) is 1. The third kappa shape index (κ3) is 4.70. The van der Waals surface area contributed by atoms with Gasteiger partial charge in [-0.05, 0) is 48.0 Å². The van der Waals surface area contributed by atoms with E-state index in [2.05, 4.69) is 4.74 Å². The molecule has 2 heterocycles. The molecule has 1 amide bonds. The summed E-state index contributed by atoms with van der Waals surface area (Å²) in [6.07, 6.45) is -4.96. The largest absolute Gasteiger partial charge is 0.573 e. The number of anilines is 1. The quantitative estimate of drug-likeness (QED) is 0.284. The Kier molecular flexibility index (Phi) is 6.35. The zero-order chi connectivity index (χ0) is 27.0. The van der Waals surface area contributed by atoms with Gasteiger partial charge in [0.1, 0.15) is 30.5 Å². The Morgan fingerprint density at radius 2 is 1.66 bits per heavy atom. The average Bonchev–Trinajstić information content (AvgIpc) is 3.17. The van der Waals surface area contributed by atoms with Crippen molar-refractivity contribution in [1.29, 1.82) is 0 Å². The highest BCUT2D eigenvalue weighted by Gasteiger charge is 2.47. The predicted molar refractivity (Wildman–Crippen MR) is 128 cm³/mol. The maximum Gasteiger partial charge on any atom is 0.573 e. The van der Waals surface area contributed by atoms with E-state index in [1.165, 1.54) is 31.4 Å². The lowest BCUT2D eigenvalue weighted by atomic mass is 9.95. The highest BCUT2D eigenvalue weighted by atomic mass is 19.4. The summed E-state index contributed by atoms with van der Waals surface area (Å²) in [5, 5.41) is 11.3. The molecule has 1 atom stereocenters. The Morgan fingerprint density at radius 3 is 2.34 bits per heavy atom. The van der Waals surface area contributed by atoms with Crippen molar-refractivity contribution in [3.63, 3.8) is 0 Å². The van der Waals surface area contributed by atoms with E-state index >= 15 is 0 Å². The molecule has 0 saturated carbocycles. The molecule has 11 heteroatoms. The van der Waals surface area contributed by atoms with Crippen molar-refractivity contribution in [1.82, 2.24) is 0 Å². The second kappa shape index (κ2) is 9.66. The minimum absolute atomic E-state index is 0.0316. The number of fused-ring (bicyclic) bond motifs is 1. The fourth-order valence-electron chi connectivity index (χ4n) is 4.38. The molecule has 8 nitrogen and oxygen atoms in total. The van der Waals surface area contributed by atoms with Crippen LogP contribution >= 0.6 is 0 Å². The van der Waals surface area contributed by atoms with Gasteiger partial charge in [-0.2, -0.15) is 0 Å². The molecule has 2 aliphatic heterocycles. The summed E-state index contributed by atoms with van der Waals surface area (Å²) in [6.45, 7) is 0.655. The van der Waals surface area contributed by atoms with Crippen molar-refractivity contribution in [2.45, 2.75) is 12.4 Å². The number of hydrogen-bond acceptors (Lipinski definition) is 7. The van der Waals surface area contributed by atoms with Crippen LogP contribution in [0.2, 0.25) is 0 Å². The van der Waals surface area contributed by atoms with Crippen LogP contribution in [0, 0.1) is 0 Å². The van der Waals surface area contributed by atoms with Gasteiger partial charge in [0.05, 0.1) is 18.7 Å². The van der Waals surface area contributed by atoms with Gasteiger partial charge in [-0.3, -0.25) is 14.5 Å². The molecule has 1 unspecified atom stereocenters. The number of ether oxygens (including phenoxy) is 4. The summed E-state index contributed by atoms with van der Waals surface area (Å²) < 4.78 is 58.8. The standard InChI is InChI=1S/C27H20F3NO7/c1-35-18-8-5-15(6-9-18)23-22(24(32)16-7-10-20-21(13-16)37-12-11-36-20)25(33)26(34)31(23)17-3-2-4-19(14-17)38-27(28,29)30/h2-10,13-14,23,32H,11-12H2,1H3/b24-22-. The molecule has 1 fully saturated rings. The first kappa shape index (κ1) is 25.0. The number of benzene rings is 3. The van der Waals surface area contributed by atoms with E-state index in [9.17, 15) is 27.9 Å². The molecular formula is C27H20F3NO7. The molecule has 5 rings (SSSR count). The number of nitrogens with zero attached hydrogens (tertiary/aromatic N) is 1. The van der Waals surface area contributed by atoms with Crippen LogP contribution in [0.4, 0.5) is 18.9 Å². The zero-order valence-corrected chi connectivity index (χ0v) is 19.8. The van der Waals surface area contributed by atoms with Crippen LogP contribution in [0.15, 0.2) is 72.3 Å². The summed E-state index contributed by atoms with van der Waals surface area (Å²) >= 11 is 0. The first-order valence-corrected chi connectivity index (χ1v) is 11.4. The van der Waals surface area contributed by atoms with Crippen LogP contribution in [0.25, 0.3) is 5.76 Å². The van der Waals surface area contributed by atoms with Gasteiger partial charge in [-0.15, -0.1) is 13.2 Å². The molecule has 0 radical (unpaired) electrons. The Bertz CT molecular complexity index is 1430. The molecule has 3 aromatic rings. The molecule has 196 valence electrons. The summed E-state index contributed by atoms with van der Waals surface area (Å²) in [6, 6.07) is 14.5. The SMILES string of the molecule is COc1ccc(C2/C(=C(/O)c3ccc4c(c3)OCCO4)C(=O)C(=O)N2c2cccc(OC(F)(F)F)c2)cc1. The highest BCUT2D eigenvalue weighted by molar-refractivity contribution is 6.51. The van der Waals surface area contributed by atoms with Crippen molar-refractivity contribution >= 4 is 23.1 Å². The van der Waals surface area contributed by atoms with Crippen LogP contribution in [-0.4, -0.2) is 43.5 Å². The maximum atomic E-state index is 13.3. The highest BCUT2D eigenvalue weighted by Crippen LogP contribution is 2.44. The van der Waals surface area contributed by atoms with Crippen LogP contribution in [-0.2, 0) is 9.59 Å². The molecule has 2 aliphatic rings. The third-order valence-electron chi connectivity index (χ3n) is 6.02. The zero-order valence-electron chi connectivity index (χ0n) is 19.8. The van der Waals surface area contributed by atoms with E-state index < -0.39 is 35.6 Å². The molecule has 0 bridgehead atoms. The van der Waals surface area contributed by atoms with Crippen LogP contribution in [0.3, 0.4) is 0 Å². The van der Waals surface area contributed by atoms with Gasteiger partial charge in [0.15, 0.2) is 11.5 Å². The smallest absolute Gasteiger partial charge is 0.507 e. The molecule has 0 spiro atoms. The fraction of sp³-hybridized carbons (Fsp3) is 0.185. The lowest BCUT2D eigenvalue weighted by molar-refractivity contribution is -0.274. The second-order valence-electron chi connectivity index (χ2n) is 8.35. The Morgan fingerprint density at radius 1 is 0.947 bits per heavy atom. The van der Waals surface area contributed by atoms with Crippen molar-refractivity contribution < 1.29 is 46.8 Å². The second-order valence-corrected chi connectivity index (χ2v) is 8.35. The first-order chi connectivity index (χ1) is 18.2. The van der Waals surface area contributed by atoms with E-state index in [0.717, 1.165) is 17.0 Å². The minimum Gasteiger partial charge on any atom is -0.507 e. The van der Waals surface area contributed by atoms with Crippen molar-refractivity contribution in [3.05, 3.63) is 83.4 Å². The molecule has 3 aromatic carbocycles. The number of ketones is 1. The summed E-state index contributed by atoms with van der Waals surface area (Å²) in [4.78, 5) is 27.6. The van der Waals surface area contributed by atoms with Crippen molar-refractivity contribution in [2.24, 2.45) is 0 Å². The lowest BCUT2D eigenvalue weighted by Crippen LogP contribution is -2.29. The number of hydrogen-bond donors (Lipinski definition) is 1. The molecule has 0 aromatic heterocycles.